The third kappa shape index (κ3) is 3.10. The smallest absolute Gasteiger partial charge is 0.0880 e. The highest BCUT2D eigenvalue weighted by Crippen LogP contribution is 2.09. The summed E-state index contributed by atoms with van der Waals surface area (Å²) in [7, 11) is 0. The predicted octanol–water partition coefficient (Wildman–Crippen LogP) is 2.24. The predicted molar refractivity (Wildman–Crippen MR) is 56.5 cm³/mol. The highest BCUT2D eigenvalue weighted by molar-refractivity contribution is 5.49. The Morgan fingerprint density at radius 1 is 1.50 bits per heavy atom. The summed E-state index contributed by atoms with van der Waals surface area (Å²) in [5.74, 6) is 5.60. The number of aryl methyl sites for hydroxylation is 1. The summed E-state index contributed by atoms with van der Waals surface area (Å²) in [6, 6.07) is 5.59. The van der Waals surface area contributed by atoms with Gasteiger partial charge in [0, 0.05) is 16.2 Å². The van der Waals surface area contributed by atoms with Crippen molar-refractivity contribution in [1.82, 2.24) is 0 Å². The number of nitrogens with zero attached hydrogens (tertiary/aromatic N) is 3. The van der Waals surface area contributed by atoms with Crippen LogP contribution in [0.15, 0.2) is 23.3 Å². The standard InChI is InChI=1S/C10H10N4/c1-8-5-9(7-10(11)6-8)3-2-4-13-14-12/h5-7H,4,11H2,1H3. The Morgan fingerprint density at radius 2 is 2.29 bits per heavy atom. The Labute approximate surface area is 82.4 Å². The number of rotatable bonds is 1. The van der Waals surface area contributed by atoms with E-state index in [1.807, 2.05) is 19.1 Å². The van der Waals surface area contributed by atoms with E-state index in [4.69, 9.17) is 11.3 Å². The summed E-state index contributed by atoms with van der Waals surface area (Å²) < 4.78 is 0. The number of benzene rings is 1. The molecule has 0 saturated heterocycles. The fraction of sp³-hybridized carbons (Fsp3) is 0.200. The van der Waals surface area contributed by atoms with Gasteiger partial charge in [-0.15, -0.1) is 0 Å². The molecule has 1 rings (SSSR count). The summed E-state index contributed by atoms with van der Waals surface area (Å²) in [6.45, 7) is 2.14. The second kappa shape index (κ2) is 4.80. The molecule has 0 aliphatic carbocycles. The molecule has 0 amide bonds. The molecule has 14 heavy (non-hydrogen) atoms. The number of nitrogen functional groups attached to an aromatic ring is 1. The Balaban J connectivity index is 2.84. The zero-order valence-electron chi connectivity index (χ0n) is 7.86. The fourth-order valence-corrected chi connectivity index (χ4v) is 1.09. The van der Waals surface area contributed by atoms with Crippen molar-refractivity contribution < 1.29 is 0 Å². The summed E-state index contributed by atoms with van der Waals surface area (Å²) in [4.78, 5) is 2.60. The minimum Gasteiger partial charge on any atom is -0.399 e. The molecule has 2 N–H and O–H groups in total. The first-order valence-electron chi connectivity index (χ1n) is 4.09. The molecule has 0 aromatic heterocycles. The Hall–Kier alpha value is -2.11. The molecule has 70 valence electrons. The summed E-state index contributed by atoms with van der Waals surface area (Å²) in [6.07, 6.45) is 0. The van der Waals surface area contributed by atoms with Gasteiger partial charge in [-0.2, -0.15) is 0 Å². The summed E-state index contributed by atoms with van der Waals surface area (Å²) >= 11 is 0. The third-order valence-corrected chi connectivity index (χ3v) is 1.55. The van der Waals surface area contributed by atoms with E-state index in [2.05, 4.69) is 21.9 Å². The Kier molecular flexibility index (Phi) is 3.42. The van der Waals surface area contributed by atoms with E-state index in [1.54, 1.807) is 6.07 Å². The molecule has 0 spiro atoms. The van der Waals surface area contributed by atoms with Crippen LogP contribution in [0.3, 0.4) is 0 Å². The van der Waals surface area contributed by atoms with Crippen LogP contribution in [-0.4, -0.2) is 6.54 Å². The largest absolute Gasteiger partial charge is 0.399 e. The lowest BCUT2D eigenvalue weighted by molar-refractivity contribution is 1.25. The first-order chi connectivity index (χ1) is 6.72. The van der Waals surface area contributed by atoms with Crippen LogP contribution in [0.1, 0.15) is 11.1 Å². The second-order valence-corrected chi connectivity index (χ2v) is 2.82. The van der Waals surface area contributed by atoms with Gasteiger partial charge >= 0.3 is 0 Å². The molecule has 0 aliphatic heterocycles. The number of hydrogen-bond acceptors (Lipinski definition) is 2. The second-order valence-electron chi connectivity index (χ2n) is 2.82. The minimum absolute atomic E-state index is 0.185. The van der Waals surface area contributed by atoms with E-state index in [0.29, 0.717) is 5.69 Å². The molecule has 0 aliphatic rings. The number of hydrogen-bond donors (Lipinski definition) is 1. The first kappa shape index (κ1) is 9.97. The van der Waals surface area contributed by atoms with Crippen LogP contribution in [0, 0.1) is 18.8 Å². The zero-order valence-corrected chi connectivity index (χ0v) is 7.86. The van der Waals surface area contributed by atoms with Crippen molar-refractivity contribution in [3.63, 3.8) is 0 Å². The Morgan fingerprint density at radius 3 is 2.93 bits per heavy atom. The van der Waals surface area contributed by atoms with Crippen LogP contribution < -0.4 is 5.73 Å². The Bertz CT molecular complexity index is 413. The van der Waals surface area contributed by atoms with E-state index >= 15 is 0 Å². The van der Waals surface area contributed by atoms with Gasteiger partial charge in [-0.1, -0.05) is 17.0 Å². The van der Waals surface area contributed by atoms with Gasteiger partial charge in [0.15, 0.2) is 0 Å². The van der Waals surface area contributed by atoms with Crippen LogP contribution in [0.5, 0.6) is 0 Å². The van der Waals surface area contributed by atoms with Gasteiger partial charge in [0.05, 0.1) is 6.54 Å². The quantitative estimate of drug-likeness (QED) is 0.236. The maximum Gasteiger partial charge on any atom is 0.0880 e. The van der Waals surface area contributed by atoms with Crippen LogP contribution in [0.4, 0.5) is 5.69 Å². The summed E-state index contributed by atoms with van der Waals surface area (Å²) in [5.41, 5.74) is 16.3. The van der Waals surface area contributed by atoms with E-state index in [0.717, 1.165) is 11.1 Å². The zero-order chi connectivity index (χ0) is 10.4. The van der Waals surface area contributed by atoms with Gasteiger partial charge < -0.3 is 5.73 Å². The minimum atomic E-state index is 0.185. The average Bonchev–Trinajstić information content (AvgIpc) is 2.11. The fourth-order valence-electron chi connectivity index (χ4n) is 1.09. The molecular weight excluding hydrogens is 176 g/mol. The molecule has 0 saturated carbocycles. The van der Waals surface area contributed by atoms with Gasteiger partial charge in [0.1, 0.15) is 0 Å². The third-order valence-electron chi connectivity index (χ3n) is 1.55. The lowest BCUT2D eigenvalue weighted by Gasteiger charge is -1.97. The topological polar surface area (TPSA) is 74.8 Å². The van der Waals surface area contributed by atoms with E-state index in [9.17, 15) is 0 Å². The molecule has 1 aromatic carbocycles. The van der Waals surface area contributed by atoms with Crippen molar-refractivity contribution in [2.75, 3.05) is 12.3 Å². The maximum atomic E-state index is 8.02. The van der Waals surface area contributed by atoms with E-state index in [-0.39, 0.29) is 6.54 Å². The van der Waals surface area contributed by atoms with Crippen molar-refractivity contribution in [2.24, 2.45) is 5.11 Å². The van der Waals surface area contributed by atoms with Crippen molar-refractivity contribution in [3.05, 3.63) is 39.8 Å². The lowest BCUT2D eigenvalue weighted by atomic mass is 10.1. The molecule has 0 radical (unpaired) electrons. The molecule has 4 nitrogen and oxygen atoms in total. The van der Waals surface area contributed by atoms with Gasteiger partial charge in [-0.05, 0) is 36.2 Å². The molecular formula is C10H10N4. The molecule has 0 fully saturated rings. The highest BCUT2D eigenvalue weighted by atomic mass is 15.1. The van der Waals surface area contributed by atoms with Crippen LogP contribution >= 0.6 is 0 Å². The number of anilines is 1. The monoisotopic (exact) mass is 186 g/mol. The molecule has 1 aromatic rings. The average molecular weight is 186 g/mol. The molecule has 4 heteroatoms. The van der Waals surface area contributed by atoms with E-state index < -0.39 is 0 Å². The summed E-state index contributed by atoms with van der Waals surface area (Å²) in [5, 5.41) is 3.31. The molecule has 0 atom stereocenters. The van der Waals surface area contributed by atoms with E-state index in [1.165, 1.54) is 0 Å². The first-order valence-corrected chi connectivity index (χ1v) is 4.09. The van der Waals surface area contributed by atoms with Gasteiger partial charge in [-0.25, -0.2) is 0 Å². The van der Waals surface area contributed by atoms with Crippen molar-refractivity contribution >= 4 is 5.69 Å². The molecule has 0 heterocycles. The van der Waals surface area contributed by atoms with Crippen LogP contribution in [0.25, 0.3) is 10.4 Å². The van der Waals surface area contributed by atoms with Crippen molar-refractivity contribution in [2.45, 2.75) is 6.92 Å². The van der Waals surface area contributed by atoms with Gasteiger partial charge in [0.2, 0.25) is 0 Å². The van der Waals surface area contributed by atoms with Crippen molar-refractivity contribution in [3.8, 4) is 11.8 Å². The normalized spacial score (nSPS) is 8.36. The van der Waals surface area contributed by atoms with Gasteiger partial charge in [-0.3, -0.25) is 0 Å². The van der Waals surface area contributed by atoms with Gasteiger partial charge in [0.25, 0.3) is 0 Å². The number of nitrogens with two attached hydrogens (primary N) is 1. The van der Waals surface area contributed by atoms with Crippen LogP contribution in [-0.2, 0) is 0 Å². The molecule has 0 unspecified atom stereocenters. The SMILES string of the molecule is Cc1cc(N)cc(C#CCN=[N+]=[N-])c1. The molecule has 0 bridgehead atoms. The van der Waals surface area contributed by atoms with Crippen molar-refractivity contribution in [1.29, 1.82) is 0 Å². The number of azide groups is 1. The maximum absolute atomic E-state index is 8.02. The highest BCUT2D eigenvalue weighted by Gasteiger charge is 1.91. The van der Waals surface area contributed by atoms with Crippen LogP contribution in [0.2, 0.25) is 0 Å². The lowest BCUT2D eigenvalue weighted by Crippen LogP contribution is -1.87.